The maximum atomic E-state index is 11.8. The second-order valence-corrected chi connectivity index (χ2v) is 4.67. The number of ether oxygens (including phenoxy) is 1. The molecule has 3 aromatic rings. The maximum Gasteiger partial charge on any atom is 0.278 e. The molecular formula is C13H11N5O2. The van der Waals surface area contributed by atoms with Gasteiger partial charge in [0, 0.05) is 5.56 Å². The molecule has 4 rings (SSSR count). The molecule has 0 radical (unpaired) electrons. The molecule has 0 fully saturated rings. The highest BCUT2D eigenvalue weighted by molar-refractivity contribution is 5.70. The zero-order valence-electron chi connectivity index (χ0n) is 10.4. The van der Waals surface area contributed by atoms with Crippen molar-refractivity contribution in [3.8, 4) is 5.75 Å². The Kier molecular flexibility index (Phi) is 2.11. The molecular weight excluding hydrogens is 258 g/mol. The molecule has 7 heteroatoms. The Bertz CT molecular complexity index is 867. The van der Waals surface area contributed by atoms with Crippen LogP contribution in [0.15, 0.2) is 29.1 Å². The van der Waals surface area contributed by atoms with E-state index in [1.165, 1.54) is 0 Å². The van der Waals surface area contributed by atoms with E-state index in [-0.39, 0.29) is 17.4 Å². The molecule has 4 N–H and O–H groups in total. The number of hydrogen-bond acceptors (Lipinski definition) is 5. The number of nitrogens with two attached hydrogens (primary N) is 1. The third-order valence-electron chi connectivity index (χ3n) is 3.43. The lowest BCUT2D eigenvalue weighted by atomic mass is 10.0. The minimum absolute atomic E-state index is 0.0268. The summed E-state index contributed by atoms with van der Waals surface area (Å²) in [6, 6.07) is 7.78. The van der Waals surface area contributed by atoms with Crippen LogP contribution in [0.5, 0.6) is 5.75 Å². The van der Waals surface area contributed by atoms with E-state index in [0.29, 0.717) is 23.6 Å². The van der Waals surface area contributed by atoms with Crippen LogP contribution in [0, 0.1) is 0 Å². The fraction of sp³-hybridized carbons (Fsp3) is 0.154. The first-order valence-corrected chi connectivity index (χ1v) is 6.19. The summed E-state index contributed by atoms with van der Waals surface area (Å²) in [5.74, 6) is 1.54. The van der Waals surface area contributed by atoms with Gasteiger partial charge in [0.05, 0.1) is 5.92 Å². The number of hydrogen-bond donors (Lipinski definition) is 3. The molecule has 1 unspecified atom stereocenters. The van der Waals surface area contributed by atoms with E-state index >= 15 is 0 Å². The summed E-state index contributed by atoms with van der Waals surface area (Å²) in [5.41, 5.74) is 6.91. The minimum Gasteiger partial charge on any atom is -0.492 e. The number of nitrogen functional groups attached to an aromatic ring is 1. The van der Waals surface area contributed by atoms with Gasteiger partial charge in [-0.25, -0.2) is 4.98 Å². The Hall–Kier alpha value is -2.83. The first kappa shape index (κ1) is 11.0. The zero-order valence-corrected chi connectivity index (χ0v) is 10.4. The van der Waals surface area contributed by atoms with Gasteiger partial charge in [0.25, 0.3) is 5.56 Å². The number of para-hydroxylation sites is 1. The maximum absolute atomic E-state index is 11.8. The fourth-order valence-corrected chi connectivity index (χ4v) is 2.50. The number of aromatic amines is 2. The molecule has 7 nitrogen and oxygen atoms in total. The van der Waals surface area contributed by atoms with Crippen molar-refractivity contribution in [2.75, 3.05) is 12.3 Å². The Balaban J connectivity index is 1.88. The molecule has 0 spiro atoms. The number of fused-ring (bicyclic) bond motifs is 2. The largest absolute Gasteiger partial charge is 0.492 e. The monoisotopic (exact) mass is 269 g/mol. The van der Waals surface area contributed by atoms with E-state index in [1.54, 1.807) is 0 Å². The normalized spacial score (nSPS) is 17.1. The Morgan fingerprint density at radius 3 is 3.00 bits per heavy atom. The molecule has 0 aliphatic carbocycles. The van der Waals surface area contributed by atoms with Crippen molar-refractivity contribution >= 4 is 17.1 Å². The van der Waals surface area contributed by atoms with Crippen LogP contribution >= 0.6 is 0 Å². The first-order chi connectivity index (χ1) is 9.72. The fourth-order valence-electron chi connectivity index (χ4n) is 2.50. The lowest BCUT2D eigenvalue weighted by Crippen LogP contribution is -2.11. The summed E-state index contributed by atoms with van der Waals surface area (Å²) < 4.78 is 5.62. The van der Waals surface area contributed by atoms with Crippen molar-refractivity contribution < 1.29 is 4.74 Å². The molecule has 2 aromatic heterocycles. The minimum atomic E-state index is -0.321. The number of benzene rings is 1. The third kappa shape index (κ3) is 1.49. The summed E-state index contributed by atoms with van der Waals surface area (Å²) in [4.78, 5) is 25.7. The number of H-pyrrole nitrogens is 2. The number of nitrogens with one attached hydrogen (secondary N) is 2. The molecule has 1 aromatic carbocycles. The molecule has 100 valence electrons. The van der Waals surface area contributed by atoms with Gasteiger partial charge in [-0.2, -0.15) is 4.98 Å². The van der Waals surface area contributed by atoms with E-state index in [0.717, 1.165) is 11.3 Å². The standard InChI is InChI=1S/C13H11N5O2/c14-13-17-11-9(12(19)18-13)15-10(16-11)7-5-20-8-4-2-1-3-6(7)8/h1-4,7H,5H2,(H4,14,15,16,17,18,19). The van der Waals surface area contributed by atoms with E-state index in [4.69, 9.17) is 10.5 Å². The van der Waals surface area contributed by atoms with Crippen molar-refractivity contribution in [3.05, 3.63) is 46.0 Å². The average molecular weight is 269 g/mol. The van der Waals surface area contributed by atoms with Gasteiger partial charge in [0.1, 0.15) is 18.2 Å². The van der Waals surface area contributed by atoms with Crippen LogP contribution < -0.4 is 16.0 Å². The zero-order chi connectivity index (χ0) is 13.7. The van der Waals surface area contributed by atoms with Gasteiger partial charge in [-0.1, -0.05) is 18.2 Å². The molecule has 0 saturated carbocycles. The van der Waals surface area contributed by atoms with Crippen LogP contribution in [0.1, 0.15) is 17.3 Å². The van der Waals surface area contributed by atoms with Crippen molar-refractivity contribution in [2.24, 2.45) is 0 Å². The molecule has 3 heterocycles. The first-order valence-electron chi connectivity index (χ1n) is 6.19. The van der Waals surface area contributed by atoms with E-state index in [9.17, 15) is 4.79 Å². The average Bonchev–Trinajstić information content (AvgIpc) is 3.01. The quantitative estimate of drug-likeness (QED) is 0.604. The summed E-state index contributed by atoms with van der Waals surface area (Å²) >= 11 is 0. The van der Waals surface area contributed by atoms with E-state index < -0.39 is 0 Å². The lowest BCUT2D eigenvalue weighted by Gasteiger charge is -2.03. The number of imidazole rings is 1. The topological polar surface area (TPSA) is 110 Å². The van der Waals surface area contributed by atoms with Gasteiger partial charge < -0.3 is 15.5 Å². The molecule has 1 atom stereocenters. The number of anilines is 1. The third-order valence-corrected chi connectivity index (χ3v) is 3.43. The highest BCUT2D eigenvalue weighted by atomic mass is 16.5. The predicted molar refractivity (Wildman–Crippen MR) is 72.7 cm³/mol. The Morgan fingerprint density at radius 2 is 2.10 bits per heavy atom. The predicted octanol–water partition coefficient (Wildman–Crippen LogP) is 0.753. The van der Waals surface area contributed by atoms with Gasteiger partial charge >= 0.3 is 0 Å². The van der Waals surface area contributed by atoms with E-state index in [2.05, 4.69) is 19.9 Å². The van der Waals surface area contributed by atoms with Gasteiger partial charge in [-0.05, 0) is 6.07 Å². The van der Waals surface area contributed by atoms with Crippen molar-refractivity contribution in [1.29, 1.82) is 0 Å². The molecule has 0 bridgehead atoms. The highest BCUT2D eigenvalue weighted by Gasteiger charge is 2.28. The summed E-state index contributed by atoms with van der Waals surface area (Å²) in [6.07, 6.45) is 0. The van der Waals surface area contributed by atoms with Crippen LogP contribution in [0.25, 0.3) is 11.2 Å². The van der Waals surface area contributed by atoms with Gasteiger partial charge in [-0.15, -0.1) is 0 Å². The number of nitrogens with zero attached hydrogens (tertiary/aromatic N) is 2. The van der Waals surface area contributed by atoms with Crippen LogP contribution in [0.2, 0.25) is 0 Å². The van der Waals surface area contributed by atoms with Gasteiger partial charge in [-0.3, -0.25) is 9.78 Å². The van der Waals surface area contributed by atoms with Crippen LogP contribution in [0.3, 0.4) is 0 Å². The smallest absolute Gasteiger partial charge is 0.278 e. The second-order valence-electron chi connectivity index (χ2n) is 4.67. The summed E-state index contributed by atoms with van der Waals surface area (Å²) in [5, 5.41) is 0. The molecule has 0 saturated heterocycles. The SMILES string of the molecule is Nc1nc2nc(C3COc4ccccc43)[nH]c2c(=O)[nH]1. The molecule has 1 aliphatic heterocycles. The number of aromatic nitrogens is 4. The van der Waals surface area contributed by atoms with Crippen molar-refractivity contribution in [1.82, 2.24) is 19.9 Å². The van der Waals surface area contributed by atoms with Crippen LogP contribution in [-0.2, 0) is 0 Å². The molecule has 0 amide bonds. The highest BCUT2D eigenvalue weighted by Crippen LogP contribution is 2.36. The van der Waals surface area contributed by atoms with Crippen molar-refractivity contribution in [3.63, 3.8) is 0 Å². The molecule has 20 heavy (non-hydrogen) atoms. The Morgan fingerprint density at radius 1 is 1.25 bits per heavy atom. The van der Waals surface area contributed by atoms with Crippen LogP contribution in [0.4, 0.5) is 5.95 Å². The van der Waals surface area contributed by atoms with Crippen molar-refractivity contribution in [2.45, 2.75) is 5.92 Å². The Labute approximate surface area is 112 Å². The van der Waals surface area contributed by atoms with Gasteiger partial charge in [0.2, 0.25) is 5.95 Å². The summed E-state index contributed by atoms with van der Waals surface area (Å²) in [6.45, 7) is 0.493. The second kappa shape index (κ2) is 3.83. The number of rotatable bonds is 1. The summed E-state index contributed by atoms with van der Waals surface area (Å²) in [7, 11) is 0. The van der Waals surface area contributed by atoms with Gasteiger partial charge in [0.15, 0.2) is 11.2 Å². The van der Waals surface area contributed by atoms with E-state index in [1.807, 2.05) is 24.3 Å². The van der Waals surface area contributed by atoms with Crippen LogP contribution in [-0.4, -0.2) is 26.5 Å². The lowest BCUT2D eigenvalue weighted by molar-refractivity contribution is 0.340. The molecule has 1 aliphatic rings.